The summed E-state index contributed by atoms with van der Waals surface area (Å²) in [6, 6.07) is 20.1. The maximum absolute atomic E-state index is 11.4. The Balaban J connectivity index is 1.79. The number of carbonyl (C=O) groups excluding carboxylic acids is 1. The predicted molar refractivity (Wildman–Crippen MR) is 104 cm³/mol. The van der Waals surface area contributed by atoms with Crippen LogP contribution in [0.25, 0.3) is 0 Å². The molecule has 1 heterocycles. The van der Waals surface area contributed by atoms with Gasteiger partial charge < -0.3 is 15.4 Å². The van der Waals surface area contributed by atoms with Crippen LogP contribution in [0.4, 0.5) is 17.2 Å². The number of amides is 1. The summed E-state index contributed by atoms with van der Waals surface area (Å²) in [4.78, 5) is 15.8. The Morgan fingerprint density at radius 1 is 1.04 bits per heavy atom. The van der Waals surface area contributed by atoms with Gasteiger partial charge in [0.2, 0.25) is 11.8 Å². The Hall–Kier alpha value is -3.31. The molecule has 2 aromatic carbocycles. The molecule has 130 valence electrons. The lowest BCUT2D eigenvalue weighted by atomic mass is 10.3. The number of benzene rings is 2. The Morgan fingerprint density at radius 2 is 1.81 bits per heavy atom. The number of anilines is 3. The first-order chi connectivity index (χ1) is 12.6. The molecule has 0 aliphatic carbocycles. The fourth-order valence-corrected chi connectivity index (χ4v) is 2.32. The lowest BCUT2D eigenvalue weighted by Gasteiger charge is -2.11. The van der Waals surface area contributed by atoms with Gasteiger partial charge in [0.05, 0.1) is 0 Å². The lowest BCUT2D eigenvalue weighted by Crippen LogP contribution is -2.07. The maximum atomic E-state index is 11.4. The second kappa shape index (κ2) is 8.18. The first-order valence-electron chi connectivity index (χ1n) is 7.84. The highest BCUT2D eigenvalue weighted by Gasteiger charge is 2.08. The largest absolute Gasteiger partial charge is 0.437 e. The van der Waals surface area contributed by atoms with Crippen LogP contribution in [0.5, 0.6) is 11.6 Å². The normalized spacial score (nSPS) is 10.0. The van der Waals surface area contributed by atoms with Gasteiger partial charge in [-0.15, -0.1) is 0 Å². The van der Waals surface area contributed by atoms with Gasteiger partial charge in [0.1, 0.15) is 16.6 Å². The van der Waals surface area contributed by atoms with Crippen LogP contribution >= 0.6 is 11.6 Å². The van der Waals surface area contributed by atoms with Crippen molar-refractivity contribution in [2.75, 3.05) is 10.6 Å². The van der Waals surface area contributed by atoms with E-state index in [9.17, 15) is 4.79 Å². The van der Waals surface area contributed by atoms with Gasteiger partial charge in [-0.1, -0.05) is 42.4 Å². The highest BCUT2D eigenvalue weighted by atomic mass is 35.5. The molecular formula is C20H16ClN3O2. The summed E-state index contributed by atoms with van der Waals surface area (Å²) in [5.41, 5.74) is 1.49. The Bertz CT molecular complexity index is 929. The predicted octanol–water partition coefficient (Wildman–Crippen LogP) is 5.40. The van der Waals surface area contributed by atoms with E-state index >= 15 is 0 Å². The minimum absolute atomic E-state index is 0.264. The van der Waals surface area contributed by atoms with Crippen LogP contribution < -0.4 is 15.4 Å². The van der Waals surface area contributed by atoms with Crippen LogP contribution in [-0.2, 0) is 4.79 Å². The molecule has 0 saturated heterocycles. The molecule has 3 aromatic rings. The molecule has 0 fully saturated rings. The number of carbonyl (C=O) groups is 1. The summed E-state index contributed by atoms with van der Waals surface area (Å²) in [6.07, 6.45) is 1.20. The van der Waals surface area contributed by atoms with Crippen LogP contribution in [0.2, 0.25) is 5.02 Å². The smallest absolute Gasteiger partial charge is 0.247 e. The molecule has 0 spiro atoms. The van der Waals surface area contributed by atoms with Crippen molar-refractivity contribution < 1.29 is 9.53 Å². The summed E-state index contributed by atoms with van der Waals surface area (Å²) < 4.78 is 5.78. The molecule has 3 rings (SSSR count). The van der Waals surface area contributed by atoms with Crippen molar-refractivity contribution >= 4 is 34.7 Å². The average Bonchev–Trinajstić information content (AvgIpc) is 2.65. The number of aromatic nitrogens is 1. The Morgan fingerprint density at radius 3 is 2.58 bits per heavy atom. The second-order valence-corrected chi connectivity index (χ2v) is 5.70. The third-order valence-corrected chi connectivity index (χ3v) is 3.65. The first kappa shape index (κ1) is 17.5. The zero-order chi connectivity index (χ0) is 18.4. The average molecular weight is 366 g/mol. The summed E-state index contributed by atoms with van der Waals surface area (Å²) in [6.45, 7) is 3.42. The number of rotatable bonds is 6. The number of hydrogen-bond donors (Lipinski definition) is 2. The molecule has 0 saturated carbocycles. The first-order valence-corrected chi connectivity index (χ1v) is 8.22. The van der Waals surface area contributed by atoms with E-state index in [0.717, 1.165) is 5.69 Å². The van der Waals surface area contributed by atoms with Gasteiger partial charge in [0.15, 0.2) is 0 Å². The third-order valence-electron chi connectivity index (χ3n) is 3.36. The molecule has 5 nitrogen and oxygen atoms in total. The van der Waals surface area contributed by atoms with Crippen LogP contribution in [0, 0.1) is 0 Å². The number of nitrogens with one attached hydrogen (secondary N) is 2. The molecule has 0 radical (unpaired) electrons. The Kier molecular flexibility index (Phi) is 5.51. The molecule has 1 aromatic heterocycles. The van der Waals surface area contributed by atoms with Crippen molar-refractivity contribution in [3.05, 3.63) is 84.4 Å². The minimum atomic E-state index is -0.299. The van der Waals surface area contributed by atoms with Crippen molar-refractivity contribution in [2.45, 2.75) is 0 Å². The zero-order valence-electron chi connectivity index (χ0n) is 13.8. The number of halogens is 1. The standard InChI is InChI=1S/C20H16ClN3O2/c1-2-19(25)23-15-9-6-10-16(13-15)26-20-17(21)11-12-18(24-20)22-14-7-4-3-5-8-14/h2-13H,1H2,(H,22,24)(H,23,25). The number of nitrogens with zero attached hydrogens (tertiary/aromatic N) is 1. The zero-order valence-corrected chi connectivity index (χ0v) is 14.5. The fraction of sp³-hybridized carbons (Fsp3) is 0. The Labute approximate surface area is 156 Å². The molecule has 0 aliphatic heterocycles. The van der Waals surface area contributed by atoms with E-state index < -0.39 is 0 Å². The topological polar surface area (TPSA) is 63.2 Å². The number of pyridine rings is 1. The van der Waals surface area contributed by atoms with Crippen molar-refractivity contribution in [2.24, 2.45) is 0 Å². The number of hydrogen-bond acceptors (Lipinski definition) is 4. The molecule has 26 heavy (non-hydrogen) atoms. The number of para-hydroxylation sites is 1. The molecule has 6 heteroatoms. The van der Waals surface area contributed by atoms with Gasteiger partial charge in [0.25, 0.3) is 0 Å². The van der Waals surface area contributed by atoms with E-state index in [-0.39, 0.29) is 11.8 Å². The van der Waals surface area contributed by atoms with Crippen molar-refractivity contribution in [1.82, 2.24) is 4.98 Å². The molecule has 0 atom stereocenters. The highest BCUT2D eigenvalue weighted by Crippen LogP contribution is 2.30. The van der Waals surface area contributed by atoms with E-state index in [0.29, 0.717) is 22.3 Å². The van der Waals surface area contributed by atoms with Crippen LogP contribution in [0.3, 0.4) is 0 Å². The molecule has 1 amide bonds. The van der Waals surface area contributed by atoms with Gasteiger partial charge in [-0.25, -0.2) is 0 Å². The van der Waals surface area contributed by atoms with E-state index in [4.69, 9.17) is 16.3 Å². The second-order valence-electron chi connectivity index (χ2n) is 5.30. The van der Waals surface area contributed by atoms with E-state index in [1.54, 1.807) is 36.4 Å². The van der Waals surface area contributed by atoms with Crippen molar-refractivity contribution in [1.29, 1.82) is 0 Å². The van der Waals surface area contributed by atoms with E-state index in [1.807, 2.05) is 30.3 Å². The van der Waals surface area contributed by atoms with Gasteiger partial charge in [-0.3, -0.25) is 4.79 Å². The van der Waals surface area contributed by atoms with Crippen LogP contribution in [-0.4, -0.2) is 10.9 Å². The minimum Gasteiger partial charge on any atom is -0.437 e. The quantitative estimate of drug-likeness (QED) is 0.574. The van der Waals surface area contributed by atoms with E-state index in [1.165, 1.54) is 6.08 Å². The van der Waals surface area contributed by atoms with Gasteiger partial charge in [-0.05, 0) is 42.5 Å². The molecule has 0 aliphatic rings. The summed E-state index contributed by atoms with van der Waals surface area (Å²) >= 11 is 6.20. The van der Waals surface area contributed by atoms with Gasteiger partial charge in [-0.2, -0.15) is 4.98 Å². The monoisotopic (exact) mass is 365 g/mol. The molecular weight excluding hydrogens is 350 g/mol. The SMILES string of the molecule is C=CC(=O)Nc1cccc(Oc2nc(Nc3ccccc3)ccc2Cl)c1. The van der Waals surface area contributed by atoms with Gasteiger partial charge in [0, 0.05) is 17.4 Å². The lowest BCUT2D eigenvalue weighted by molar-refractivity contribution is -0.111. The van der Waals surface area contributed by atoms with Crippen molar-refractivity contribution in [3.63, 3.8) is 0 Å². The summed E-state index contributed by atoms with van der Waals surface area (Å²) in [5.74, 6) is 1.07. The number of ether oxygens (including phenoxy) is 1. The van der Waals surface area contributed by atoms with Crippen LogP contribution in [0.15, 0.2) is 79.4 Å². The summed E-state index contributed by atoms with van der Waals surface area (Å²) in [7, 11) is 0. The van der Waals surface area contributed by atoms with Crippen molar-refractivity contribution in [3.8, 4) is 11.6 Å². The highest BCUT2D eigenvalue weighted by molar-refractivity contribution is 6.31. The molecule has 0 bridgehead atoms. The summed E-state index contributed by atoms with van der Waals surface area (Å²) in [5, 5.41) is 6.24. The molecule has 0 unspecified atom stereocenters. The van der Waals surface area contributed by atoms with E-state index in [2.05, 4.69) is 22.2 Å². The van der Waals surface area contributed by atoms with Gasteiger partial charge >= 0.3 is 0 Å². The maximum Gasteiger partial charge on any atom is 0.247 e. The molecule has 2 N–H and O–H groups in total. The fourth-order valence-electron chi connectivity index (χ4n) is 2.18. The van der Waals surface area contributed by atoms with Crippen LogP contribution in [0.1, 0.15) is 0 Å². The third kappa shape index (κ3) is 4.62.